The van der Waals surface area contributed by atoms with E-state index in [1.807, 2.05) is 50.2 Å². The standard InChI is InChI=1S/C22H18N2O3/c1-13-7-10-20-18(11-13)24-22(27-20)17-9-8-15(12-19(17)25)23-21(26)16-6-4-3-5-14(16)2/h3-12,25H,1-2H3,(H,23,26). The number of benzene rings is 3. The van der Waals surface area contributed by atoms with Crippen molar-refractivity contribution in [2.45, 2.75) is 13.8 Å². The molecule has 27 heavy (non-hydrogen) atoms. The molecule has 0 unspecified atom stereocenters. The summed E-state index contributed by atoms with van der Waals surface area (Å²) in [6.45, 7) is 3.86. The Kier molecular flexibility index (Phi) is 4.12. The number of phenols is 1. The van der Waals surface area contributed by atoms with E-state index < -0.39 is 0 Å². The summed E-state index contributed by atoms with van der Waals surface area (Å²) in [7, 11) is 0. The van der Waals surface area contributed by atoms with Gasteiger partial charge in [-0.1, -0.05) is 24.3 Å². The van der Waals surface area contributed by atoms with Crippen LogP contribution in [0.15, 0.2) is 65.1 Å². The number of aromatic hydroxyl groups is 1. The fraction of sp³-hybridized carbons (Fsp3) is 0.0909. The highest BCUT2D eigenvalue weighted by atomic mass is 16.3. The minimum atomic E-state index is -0.224. The molecule has 134 valence electrons. The van der Waals surface area contributed by atoms with Crippen molar-refractivity contribution < 1.29 is 14.3 Å². The number of nitrogens with zero attached hydrogens (tertiary/aromatic N) is 1. The molecule has 0 saturated heterocycles. The third-order valence-electron chi connectivity index (χ3n) is 4.42. The first kappa shape index (κ1) is 16.8. The minimum absolute atomic E-state index is 0.0131. The van der Waals surface area contributed by atoms with Gasteiger partial charge in [0, 0.05) is 17.3 Å². The Morgan fingerprint density at radius 2 is 1.85 bits per heavy atom. The summed E-state index contributed by atoms with van der Waals surface area (Å²) in [5.41, 5.74) is 4.93. The van der Waals surface area contributed by atoms with Crippen LogP contribution in [-0.2, 0) is 0 Å². The molecule has 0 fully saturated rings. The molecule has 3 aromatic carbocycles. The Labute approximate surface area is 156 Å². The Morgan fingerprint density at radius 1 is 1.04 bits per heavy atom. The van der Waals surface area contributed by atoms with Gasteiger partial charge in [0.25, 0.3) is 5.91 Å². The van der Waals surface area contributed by atoms with Crippen LogP contribution in [0.5, 0.6) is 5.75 Å². The maximum Gasteiger partial charge on any atom is 0.255 e. The number of aryl methyl sites for hydroxylation is 2. The molecule has 1 heterocycles. The second-order valence-electron chi connectivity index (χ2n) is 6.49. The van der Waals surface area contributed by atoms with E-state index in [2.05, 4.69) is 10.3 Å². The van der Waals surface area contributed by atoms with E-state index >= 15 is 0 Å². The van der Waals surface area contributed by atoms with Crippen LogP contribution < -0.4 is 5.32 Å². The number of aromatic nitrogens is 1. The second-order valence-corrected chi connectivity index (χ2v) is 6.49. The molecule has 1 amide bonds. The molecule has 5 heteroatoms. The van der Waals surface area contributed by atoms with Crippen molar-refractivity contribution in [3.05, 3.63) is 77.4 Å². The number of oxazole rings is 1. The summed E-state index contributed by atoms with van der Waals surface area (Å²) in [5.74, 6) is 0.100. The maximum atomic E-state index is 12.4. The number of fused-ring (bicyclic) bond motifs is 1. The predicted octanol–water partition coefficient (Wildman–Crippen LogP) is 5.07. The van der Waals surface area contributed by atoms with Crippen LogP contribution in [0, 0.1) is 13.8 Å². The lowest BCUT2D eigenvalue weighted by molar-refractivity contribution is 0.102. The molecule has 0 aliphatic rings. The summed E-state index contributed by atoms with van der Waals surface area (Å²) in [6.07, 6.45) is 0. The predicted molar refractivity (Wildman–Crippen MR) is 105 cm³/mol. The van der Waals surface area contributed by atoms with Gasteiger partial charge in [-0.15, -0.1) is 0 Å². The Morgan fingerprint density at radius 3 is 2.63 bits per heavy atom. The molecule has 0 aliphatic heterocycles. The van der Waals surface area contributed by atoms with Crippen LogP contribution in [0.1, 0.15) is 21.5 Å². The van der Waals surface area contributed by atoms with Crippen molar-refractivity contribution in [2.75, 3.05) is 5.32 Å². The largest absolute Gasteiger partial charge is 0.507 e. The zero-order valence-electron chi connectivity index (χ0n) is 15.0. The lowest BCUT2D eigenvalue weighted by atomic mass is 10.1. The first-order valence-corrected chi connectivity index (χ1v) is 8.59. The lowest BCUT2D eigenvalue weighted by Gasteiger charge is -2.09. The molecule has 0 saturated carbocycles. The summed E-state index contributed by atoms with van der Waals surface area (Å²) in [5, 5.41) is 13.2. The number of amides is 1. The molecule has 0 bridgehead atoms. The van der Waals surface area contributed by atoms with Gasteiger partial charge in [0.15, 0.2) is 5.58 Å². The summed E-state index contributed by atoms with van der Waals surface area (Å²) >= 11 is 0. The molecule has 2 N–H and O–H groups in total. The van der Waals surface area contributed by atoms with Crippen molar-refractivity contribution in [1.82, 2.24) is 4.98 Å². The second kappa shape index (κ2) is 6.61. The first-order chi connectivity index (χ1) is 13.0. The van der Waals surface area contributed by atoms with Crippen LogP contribution in [0.25, 0.3) is 22.6 Å². The smallest absolute Gasteiger partial charge is 0.255 e. The number of nitrogens with one attached hydrogen (secondary N) is 1. The highest BCUT2D eigenvalue weighted by Gasteiger charge is 2.14. The van der Waals surface area contributed by atoms with Gasteiger partial charge in [0.2, 0.25) is 5.89 Å². The van der Waals surface area contributed by atoms with Gasteiger partial charge in [-0.05, 0) is 55.3 Å². The van der Waals surface area contributed by atoms with Crippen LogP contribution >= 0.6 is 0 Å². The van der Waals surface area contributed by atoms with Crippen molar-refractivity contribution in [3.63, 3.8) is 0 Å². The number of hydrogen-bond donors (Lipinski definition) is 2. The molecule has 0 aliphatic carbocycles. The number of carbonyl (C=O) groups is 1. The van der Waals surface area contributed by atoms with E-state index in [1.165, 1.54) is 6.07 Å². The van der Waals surface area contributed by atoms with Gasteiger partial charge in [0.05, 0.1) is 5.56 Å². The quantitative estimate of drug-likeness (QED) is 0.536. The summed E-state index contributed by atoms with van der Waals surface area (Å²) in [4.78, 5) is 16.9. The average Bonchev–Trinajstić information content (AvgIpc) is 3.04. The van der Waals surface area contributed by atoms with Crippen LogP contribution in [-0.4, -0.2) is 16.0 Å². The number of phenolic OH excluding ortho intramolecular Hbond substituents is 1. The molecule has 4 aromatic rings. The van der Waals surface area contributed by atoms with Crippen LogP contribution in [0.4, 0.5) is 5.69 Å². The van der Waals surface area contributed by atoms with E-state index in [-0.39, 0.29) is 11.7 Å². The fourth-order valence-corrected chi connectivity index (χ4v) is 2.97. The lowest BCUT2D eigenvalue weighted by Crippen LogP contribution is -2.13. The molecular weight excluding hydrogens is 340 g/mol. The van der Waals surface area contributed by atoms with Crippen molar-refractivity contribution in [2.24, 2.45) is 0 Å². The normalized spacial score (nSPS) is 10.9. The van der Waals surface area contributed by atoms with E-state index in [1.54, 1.807) is 18.2 Å². The van der Waals surface area contributed by atoms with Crippen LogP contribution in [0.3, 0.4) is 0 Å². The molecule has 0 atom stereocenters. The van der Waals surface area contributed by atoms with Gasteiger partial charge in [-0.2, -0.15) is 0 Å². The van der Waals surface area contributed by atoms with Gasteiger partial charge >= 0.3 is 0 Å². The number of carbonyl (C=O) groups excluding carboxylic acids is 1. The zero-order chi connectivity index (χ0) is 19.0. The number of hydrogen-bond acceptors (Lipinski definition) is 4. The molecular formula is C22H18N2O3. The highest BCUT2D eigenvalue weighted by molar-refractivity contribution is 6.05. The van der Waals surface area contributed by atoms with Gasteiger partial charge in [-0.3, -0.25) is 4.79 Å². The topological polar surface area (TPSA) is 75.4 Å². The molecule has 0 radical (unpaired) electrons. The van der Waals surface area contributed by atoms with E-state index in [0.717, 1.165) is 16.6 Å². The third kappa shape index (κ3) is 3.27. The monoisotopic (exact) mass is 358 g/mol. The van der Waals surface area contributed by atoms with Crippen LogP contribution in [0.2, 0.25) is 0 Å². The Balaban J connectivity index is 1.62. The van der Waals surface area contributed by atoms with E-state index in [9.17, 15) is 9.90 Å². The van der Waals surface area contributed by atoms with E-state index in [0.29, 0.717) is 28.3 Å². The van der Waals surface area contributed by atoms with Crippen molar-refractivity contribution in [3.8, 4) is 17.2 Å². The van der Waals surface area contributed by atoms with Gasteiger partial charge < -0.3 is 14.8 Å². The Hall–Kier alpha value is -3.60. The van der Waals surface area contributed by atoms with Crippen molar-refractivity contribution >= 4 is 22.7 Å². The number of anilines is 1. The van der Waals surface area contributed by atoms with Gasteiger partial charge in [-0.25, -0.2) is 4.98 Å². The molecule has 0 spiro atoms. The zero-order valence-corrected chi connectivity index (χ0v) is 15.0. The molecule has 4 rings (SSSR count). The maximum absolute atomic E-state index is 12.4. The highest BCUT2D eigenvalue weighted by Crippen LogP contribution is 2.33. The SMILES string of the molecule is Cc1ccc2oc(-c3ccc(NC(=O)c4ccccc4C)cc3O)nc2c1. The van der Waals surface area contributed by atoms with Crippen molar-refractivity contribution in [1.29, 1.82) is 0 Å². The first-order valence-electron chi connectivity index (χ1n) is 8.59. The third-order valence-corrected chi connectivity index (χ3v) is 4.42. The molecule has 5 nitrogen and oxygen atoms in total. The Bertz CT molecular complexity index is 1160. The average molecular weight is 358 g/mol. The van der Waals surface area contributed by atoms with E-state index in [4.69, 9.17) is 4.42 Å². The summed E-state index contributed by atoms with van der Waals surface area (Å²) < 4.78 is 5.74. The molecule has 1 aromatic heterocycles. The minimum Gasteiger partial charge on any atom is -0.507 e. The fourth-order valence-electron chi connectivity index (χ4n) is 2.97. The van der Waals surface area contributed by atoms with Gasteiger partial charge in [0.1, 0.15) is 11.3 Å². The summed E-state index contributed by atoms with van der Waals surface area (Å²) in [6, 6.07) is 18.0. The number of rotatable bonds is 3.